The molecule has 1 aromatic rings. The molecule has 0 aliphatic heterocycles. The third kappa shape index (κ3) is 3.91. The maximum atomic E-state index is 8.66. The predicted octanol–water partition coefficient (Wildman–Crippen LogP) is 3.53. The molecule has 3 heteroatoms. The average Bonchev–Trinajstić information content (AvgIpc) is 2.26. The number of ether oxygens (including phenoxy) is 1. The molecule has 0 aliphatic carbocycles. The highest BCUT2D eigenvalue weighted by Gasteiger charge is 2.01. The highest BCUT2D eigenvalue weighted by molar-refractivity contribution is 6.31. The van der Waals surface area contributed by atoms with E-state index in [1.54, 1.807) is 12.1 Å². The molecule has 0 bridgehead atoms. The molecule has 0 radical (unpaired) electrons. The molecule has 2 nitrogen and oxygen atoms in total. The molecule has 0 heterocycles. The molecule has 1 aromatic carbocycles. The SMILES string of the molecule is CCCCOCc1ccc(C#N)cc1Cl. The molecule has 0 aromatic heterocycles. The van der Waals surface area contributed by atoms with E-state index >= 15 is 0 Å². The van der Waals surface area contributed by atoms with E-state index in [0.29, 0.717) is 17.2 Å². The molecule has 15 heavy (non-hydrogen) atoms. The quantitative estimate of drug-likeness (QED) is 0.716. The van der Waals surface area contributed by atoms with Crippen molar-refractivity contribution in [1.82, 2.24) is 0 Å². The minimum Gasteiger partial charge on any atom is -0.377 e. The van der Waals surface area contributed by atoms with Gasteiger partial charge < -0.3 is 4.74 Å². The minimum atomic E-state index is 0.518. The van der Waals surface area contributed by atoms with Crippen LogP contribution in [-0.4, -0.2) is 6.61 Å². The average molecular weight is 224 g/mol. The van der Waals surface area contributed by atoms with Crippen molar-refractivity contribution < 1.29 is 4.74 Å². The summed E-state index contributed by atoms with van der Waals surface area (Å²) in [7, 11) is 0. The van der Waals surface area contributed by atoms with E-state index in [1.807, 2.05) is 12.1 Å². The summed E-state index contributed by atoms with van der Waals surface area (Å²) < 4.78 is 5.45. The Kier molecular flexibility index (Phi) is 5.17. The van der Waals surface area contributed by atoms with Crippen LogP contribution in [0.3, 0.4) is 0 Å². The normalized spacial score (nSPS) is 9.93. The van der Waals surface area contributed by atoms with Gasteiger partial charge in [0.05, 0.1) is 18.2 Å². The van der Waals surface area contributed by atoms with Crippen LogP contribution in [-0.2, 0) is 11.3 Å². The summed E-state index contributed by atoms with van der Waals surface area (Å²) in [6.45, 7) is 3.40. The van der Waals surface area contributed by atoms with Crippen molar-refractivity contribution in [2.24, 2.45) is 0 Å². The molecule has 0 saturated heterocycles. The van der Waals surface area contributed by atoms with Crippen LogP contribution >= 0.6 is 11.6 Å². The van der Waals surface area contributed by atoms with E-state index in [-0.39, 0.29) is 0 Å². The second-order valence-corrected chi connectivity index (χ2v) is 3.73. The van der Waals surface area contributed by atoms with E-state index < -0.39 is 0 Å². The molecule has 0 N–H and O–H groups in total. The zero-order valence-electron chi connectivity index (χ0n) is 8.79. The Morgan fingerprint density at radius 2 is 2.27 bits per heavy atom. The summed E-state index contributed by atoms with van der Waals surface area (Å²) in [5.74, 6) is 0. The van der Waals surface area contributed by atoms with Crippen LogP contribution in [0, 0.1) is 11.3 Å². The number of nitrogens with zero attached hydrogens (tertiary/aromatic N) is 1. The highest BCUT2D eigenvalue weighted by atomic mass is 35.5. The summed E-state index contributed by atoms with van der Waals surface area (Å²) in [5, 5.41) is 9.26. The fraction of sp³-hybridized carbons (Fsp3) is 0.417. The molecule has 0 fully saturated rings. The van der Waals surface area contributed by atoms with E-state index in [4.69, 9.17) is 21.6 Å². The van der Waals surface area contributed by atoms with Crippen molar-refractivity contribution in [3.8, 4) is 6.07 Å². The molecule has 0 unspecified atom stereocenters. The van der Waals surface area contributed by atoms with Crippen molar-refractivity contribution in [2.45, 2.75) is 26.4 Å². The van der Waals surface area contributed by atoms with Gasteiger partial charge in [0, 0.05) is 11.6 Å². The summed E-state index contributed by atoms with van der Waals surface area (Å²) in [6, 6.07) is 7.31. The van der Waals surface area contributed by atoms with Crippen LogP contribution in [0.15, 0.2) is 18.2 Å². The molecule has 0 amide bonds. The van der Waals surface area contributed by atoms with Crippen LogP contribution in [0.25, 0.3) is 0 Å². The summed E-state index contributed by atoms with van der Waals surface area (Å²) in [6.07, 6.45) is 2.19. The zero-order chi connectivity index (χ0) is 11.1. The number of nitriles is 1. The molecule has 0 atom stereocenters. The molecule has 0 spiro atoms. The van der Waals surface area contributed by atoms with Crippen molar-refractivity contribution in [2.75, 3.05) is 6.61 Å². The second-order valence-electron chi connectivity index (χ2n) is 3.32. The van der Waals surface area contributed by atoms with Gasteiger partial charge >= 0.3 is 0 Å². The molecular weight excluding hydrogens is 210 g/mol. The second kappa shape index (κ2) is 6.44. The van der Waals surface area contributed by atoms with Gasteiger partial charge in [0.15, 0.2) is 0 Å². The van der Waals surface area contributed by atoms with Crippen LogP contribution in [0.4, 0.5) is 0 Å². The van der Waals surface area contributed by atoms with Gasteiger partial charge in [-0.25, -0.2) is 0 Å². The Balaban J connectivity index is 2.52. The first-order valence-electron chi connectivity index (χ1n) is 5.04. The van der Waals surface area contributed by atoms with Crippen molar-refractivity contribution >= 4 is 11.6 Å². The maximum Gasteiger partial charge on any atom is 0.0992 e. The lowest BCUT2D eigenvalue weighted by Gasteiger charge is -2.05. The molecule has 80 valence electrons. The van der Waals surface area contributed by atoms with Gasteiger partial charge in [-0.3, -0.25) is 0 Å². The van der Waals surface area contributed by atoms with E-state index in [0.717, 1.165) is 25.0 Å². The van der Waals surface area contributed by atoms with E-state index in [1.165, 1.54) is 0 Å². The number of unbranched alkanes of at least 4 members (excludes halogenated alkanes) is 1. The fourth-order valence-corrected chi connectivity index (χ4v) is 1.40. The third-order valence-corrected chi connectivity index (χ3v) is 2.43. The fourth-order valence-electron chi connectivity index (χ4n) is 1.16. The number of benzene rings is 1. The lowest BCUT2D eigenvalue weighted by Crippen LogP contribution is -1.96. The smallest absolute Gasteiger partial charge is 0.0992 e. The third-order valence-electron chi connectivity index (χ3n) is 2.08. The first-order valence-corrected chi connectivity index (χ1v) is 5.42. The summed E-state index contributed by atoms with van der Waals surface area (Å²) in [4.78, 5) is 0. The molecule has 1 rings (SSSR count). The molecule has 0 saturated carbocycles. The molecule has 0 aliphatic rings. The van der Waals surface area contributed by atoms with Crippen molar-refractivity contribution in [1.29, 1.82) is 5.26 Å². The standard InChI is InChI=1S/C12H14ClNO/c1-2-3-6-15-9-11-5-4-10(8-14)7-12(11)13/h4-5,7H,2-3,6,9H2,1H3. The van der Waals surface area contributed by atoms with Crippen molar-refractivity contribution in [3.05, 3.63) is 34.3 Å². The van der Waals surface area contributed by atoms with Gasteiger partial charge in [0.2, 0.25) is 0 Å². The summed E-state index contributed by atoms with van der Waals surface area (Å²) in [5.41, 5.74) is 1.52. The van der Waals surface area contributed by atoms with Gasteiger partial charge in [0.1, 0.15) is 0 Å². The van der Waals surface area contributed by atoms with Gasteiger partial charge in [-0.2, -0.15) is 5.26 Å². The Bertz CT molecular complexity index is 357. The van der Waals surface area contributed by atoms with Gasteiger partial charge in [-0.15, -0.1) is 0 Å². The highest BCUT2D eigenvalue weighted by Crippen LogP contribution is 2.18. The van der Waals surface area contributed by atoms with Crippen LogP contribution in [0.1, 0.15) is 30.9 Å². The maximum absolute atomic E-state index is 8.66. The lowest BCUT2D eigenvalue weighted by molar-refractivity contribution is 0.118. The predicted molar refractivity (Wildman–Crippen MR) is 60.7 cm³/mol. The number of rotatable bonds is 5. The van der Waals surface area contributed by atoms with Gasteiger partial charge in [0.25, 0.3) is 0 Å². The Hall–Kier alpha value is -1.04. The summed E-state index contributed by atoms with van der Waals surface area (Å²) >= 11 is 5.99. The zero-order valence-corrected chi connectivity index (χ0v) is 9.55. The van der Waals surface area contributed by atoms with Crippen LogP contribution in [0.2, 0.25) is 5.02 Å². The van der Waals surface area contributed by atoms with Crippen molar-refractivity contribution in [3.63, 3.8) is 0 Å². The Morgan fingerprint density at radius 3 is 2.87 bits per heavy atom. The monoisotopic (exact) mass is 223 g/mol. The van der Waals surface area contributed by atoms with E-state index in [9.17, 15) is 0 Å². The van der Waals surface area contributed by atoms with Crippen LogP contribution < -0.4 is 0 Å². The van der Waals surface area contributed by atoms with Gasteiger partial charge in [-0.1, -0.05) is 31.0 Å². The minimum absolute atomic E-state index is 0.518. The lowest BCUT2D eigenvalue weighted by atomic mass is 10.1. The topological polar surface area (TPSA) is 33.0 Å². The largest absolute Gasteiger partial charge is 0.377 e. The number of hydrogen-bond acceptors (Lipinski definition) is 2. The molecular formula is C12H14ClNO. The number of halogens is 1. The Labute approximate surface area is 95.4 Å². The van der Waals surface area contributed by atoms with Gasteiger partial charge in [-0.05, 0) is 24.1 Å². The first kappa shape index (κ1) is 12.0. The van der Waals surface area contributed by atoms with Crippen LogP contribution in [0.5, 0.6) is 0 Å². The number of hydrogen-bond donors (Lipinski definition) is 0. The van der Waals surface area contributed by atoms with E-state index in [2.05, 4.69) is 6.92 Å². The Morgan fingerprint density at radius 1 is 1.47 bits per heavy atom. The first-order chi connectivity index (χ1) is 7.27.